The molecular weight excluding hydrogens is 543 g/mol. The third kappa shape index (κ3) is 6.13. The number of nitrogens with zero attached hydrogens (tertiary/aromatic N) is 1. The Morgan fingerprint density at radius 3 is 2.17 bits per heavy atom. The van der Waals surface area contributed by atoms with Gasteiger partial charge >= 0.3 is 23.4 Å². The third-order valence-corrected chi connectivity index (χ3v) is 5.39. The molecule has 0 unspecified atom stereocenters. The van der Waals surface area contributed by atoms with Gasteiger partial charge in [0.05, 0.1) is 16.3 Å². The number of thioether (sulfide) groups is 1. The van der Waals surface area contributed by atoms with E-state index in [1.165, 1.54) is 6.07 Å². The summed E-state index contributed by atoms with van der Waals surface area (Å²) < 4.78 is 123. The zero-order valence-corrected chi connectivity index (χ0v) is 18.6. The molecule has 0 atom stereocenters. The van der Waals surface area contributed by atoms with Crippen LogP contribution >= 0.6 is 23.4 Å². The highest BCUT2D eigenvalue weighted by Crippen LogP contribution is 2.54. The van der Waals surface area contributed by atoms with Crippen molar-refractivity contribution in [2.45, 2.75) is 22.2 Å². The van der Waals surface area contributed by atoms with Gasteiger partial charge in [-0.1, -0.05) is 17.7 Å². The van der Waals surface area contributed by atoms with Crippen molar-refractivity contribution in [3.63, 3.8) is 0 Å². The highest BCUT2D eigenvalue weighted by molar-refractivity contribution is 8.00. The minimum absolute atomic E-state index is 0.164. The molecule has 16 heteroatoms. The van der Waals surface area contributed by atoms with Gasteiger partial charge in [-0.2, -0.15) is 30.7 Å². The first-order valence-corrected chi connectivity index (χ1v) is 10.1. The maximum absolute atomic E-state index is 14.3. The molecule has 0 saturated carbocycles. The van der Waals surface area contributed by atoms with E-state index < -0.39 is 75.6 Å². The SMILES string of the molecule is COCN(C(=O)Nc1ccc(SC(F)(F)C(F)(F)C(F)(F)F)cc1F)C(=O)c1c(F)cccc1Cl. The molecule has 2 rings (SSSR count). The van der Waals surface area contributed by atoms with E-state index in [0.29, 0.717) is 12.1 Å². The summed E-state index contributed by atoms with van der Waals surface area (Å²) in [4.78, 5) is 24.3. The van der Waals surface area contributed by atoms with Gasteiger partial charge in [0.1, 0.15) is 18.4 Å². The Balaban J connectivity index is 2.26. The molecule has 0 spiro atoms. The second-order valence-corrected chi connectivity index (χ2v) is 8.11. The molecule has 1 N–H and O–H groups in total. The molecule has 0 aromatic heterocycles. The summed E-state index contributed by atoms with van der Waals surface area (Å²) in [5, 5.41) is -4.21. The molecule has 2 aromatic rings. The Kier molecular flexibility index (Phi) is 8.61. The van der Waals surface area contributed by atoms with E-state index in [9.17, 15) is 49.1 Å². The number of rotatable bonds is 7. The van der Waals surface area contributed by atoms with Gasteiger partial charge in [0.15, 0.2) is 0 Å². The molecule has 0 saturated heterocycles. The number of ether oxygens (including phenoxy) is 1. The number of hydrogen-bond acceptors (Lipinski definition) is 4. The van der Waals surface area contributed by atoms with Crippen LogP contribution in [0.2, 0.25) is 5.02 Å². The molecule has 0 aliphatic rings. The lowest BCUT2D eigenvalue weighted by atomic mass is 10.2. The van der Waals surface area contributed by atoms with Crippen molar-refractivity contribution in [3.8, 4) is 0 Å². The number of methoxy groups -OCH3 is 1. The number of benzene rings is 2. The fraction of sp³-hybridized carbons (Fsp3) is 0.263. The van der Waals surface area contributed by atoms with Crippen LogP contribution in [-0.2, 0) is 4.74 Å². The Hall–Kier alpha value is -2.65. The smallest absolute Gasteiger partial charge is 0.364 e. The molecule has 0 aliphatic carbocycles. The van der Waals surface area contributed by atoms with E-state index in [4.69, 9.17) is 11.6 Å². The number of anilines is 1. The number of amides is 3. The van der Waals surface area contributed by atoms with Crippen molar-refractivity contribution in [1.29, 1.82) is 0 Å². The minimum atomic E-state index is -6.57. The summed E-state index contributed by atoms with van der Waals surface area (Å²) in [5.41, 5.74) is -1.50. The number of alkyl halides is 7. The van der Waals surface area contributed by atoms with E-state index in [1.54, 1.807) is 0 Å². The maximum Gasteiger partial charge on any atom is 0.460 e. The fourth-order valence-electron chi connectivity index (χ4n) is 2.40. The van der Waals surface area contributed by atoms with E-state index in [1.807, 2.05) is 5.32 Å². The summed E-state index contributed by atoms with van der Waals surface area (Å²) >= 11 is 4.53. The van der Waals surface area contributed by atoms with Crippen LogP contribution < -0.4 is 5.32 Å². The summed E-state index contributed by atoms with van der Waals surface area (Å²) in [7, 11) is 1.06. The van der Waals surface area contributed by atoms with Crippen LogP contribution in [0, 0.1) is 11.6 Å². The first kappa shape index (κ1) is 28.6. The molecule has 3 amide bonds. The summed E-state index contributed by atoms with van der Waals surface area (Å²) in [6, 6.07) is 3.06. The molecule has 0 fully saturated rings. The topological polar surface area (TPSA) is 58.6 Å². The van der Waals surface area contributed by atoms with Gasteiger partial charge in [0.25, 0.3) is 5.91 Å². The van der Waals surface area contributed by atoms with Crippen molar-refractivity contribution in [1.82, 2.24) is 4.90 Å². The molecule has 35 heavy (non-hydrogen) atoms. The summed E-state index contributed by atoms with van der Waals surface area (Å²) in [6.45, 7) is -0.774. The lowest BCUT2D eigenvalue weighted by Gasteiger charge is -2.27. The van der Waals surface area contributed by atoms with Crippen LogP contribution in [-0.4, -0.2) is 48.0 Å². The number of halogens is 10. The monoisotopic (exact) mass is 554 g/mol. The number of carbonyl (C=O) groups is 2. The van der Waals surface area contributed by atoms with E-state index in [-0.39, 0.29) is 16.0 Å². The molecule has 0 radical (unpaired) electrons. The van der Waals surface area contributed by atoms with Crippen molar-refractivity contribution in [2.24, 2.45) is 0 Å². The zero-order chi connectivity index (χ0) is 26.8. The number of nitrogens with one attached hydrogen (secondary N) is 1. The summed E-state index contributed by atoms with van der Waals surface area (Å²) in [5.74, 6) is -10.3. The molecule has 0 heterocycles. The zero-order valence-electron chi connectivity index (χ0n) is 17.0. The van der Waals surface area contributed by atoms with Gasteiger partial charge in [-0.05, 0) is 42.1 Å². The lowest BCUT2D eigenvalue weighted by Crippen LogP contribution is -2.49. The van der Waals surface area contributed by atoms with Crippen LogP contribution in [0.3, 0.4) is 0 Å². The number of hydrogen-bond donors (Lipinski definition) is 1. The maximum atomic E-state index is 14.3. The van der Waals surface area contributed by atoms with Gasteiger partial charge in [0.2, 0.25) is 0 Å². The predicted octanol–water partition coefficient (Wildman–Crippen LogP) is 6.78. The Labute approximate surface area is 200 Å². The van der Waals surface area contributed by atoms with Crippen LogP contribution in [0.15, 0.2) is 41.3 Å². The second-order valence-electron chi connectivity index (χ2n) is 6.51. The highest BCUT2D eigenvalue weighted by Gasteiger charge is 2.73. The Morgan fingerprint density at radius 1 is 1.03 bits per heavy atom. The van der Waals surface area contributed by atoms with Crippen molar-refractivity contribution in [3.05, 3.63) is 58.6 Å². The van der Waals surface area contributed by atoms with Crippen molar-refractivity contribution in [2.75, 3.05) is 19.2 Å². The normalized spacial score (nSPS) is 12.4. The van der Waals surface area contributed by atoms with Crippen LogP contribution in [0.4, 0.5) is 50.0 Å². The Bertz CT molecular complexity index is 1100. The van der Waals surface area contributed by atoms with Crippen molar-refractivity contribution < 1.29 is 53.8 Å². The van der Waals surface area contributed by atoms with Crippen LogP contribution in [0.5, 0.6) is 0 Å². The van der Waals surface area contributed by atoms with E-state index >= 15 is 0 Å². The van der Waals surface area contributed by atoms with Gasteiger partial charge in [-0.15, -0.1) is 0 Å². The molecular formula is C19H12ClF9N2O3S. The quantitative estimate of drug-likeness (QED) is 0.233. The average Bonchev–Trinajstić information content (AvgIpc) is 2.72. The van der Waals surface area contributed by atoms with E-state index in [2.05, 4.69) is 4.74 Å². The standard InChI is InChI=1S/C19H12ClF9N2O3S/c1-34-8-31(15(32)14-10(20)3-2-4-11(14)21)16(33)30-13-6-5-9(7-12(13)22)35-19(28,29)17(23,24)18(25,26)27/h2-7H,8H2,1H3,(H,30,33). The number of urea groups is 1. The Morgan fingerprint density at radius 2 is 1.66 bits per heavy atom. The summed E-state index contributed by atoms with van der Waals surface area (Å²) in [6.07, 6.45) is -6.57. The van der Waals surface area contributed by atoms with Gasteiger partial charge < -0.3 is 10.1 Å². The van der Waals surface area contributed by atoms with Crippen LogP contribution in [0.1, 0.15) is 10.4 Å². The fourth-order valence-corrected chi connectivity index (χ4v) is 3.48. The molecule has 0 aliphatic heterocycles. The van der Waals surface area contributed by atoms with E-state index in [0.717, 1.165) is 19.2 Å². The largest absolute Gasteiger partial charge is 0.460 e. The highest BCUT2D eigenvalue weighted by atomic mass is 35.5. The van der Waals surface area contributed by atoms with Gasteiger partial charge in [0, 0.05) is 12.0 Å². The number of imide groups is 1. The lowest BCUT2D eigenvalue weighted by molar-refractivity contribution is -0.330. The van der Waals surface area contributed by atoms with Gasteiger partial charge in [-0.3, -0.25) is 4.79 Å². The molecule has 0 bridgehead atoms. The van der Waals surface area contributed by atoms with Crippen molar-refractivity contribution >= 4 is 41.0 Å². The average molecular weight is 555 g/mol. The minimum Gasteiger partial charge on any atom is -0.364 e. The first-order valence-electron chi connectivity index (χ1n) is 8.90. The molecule has 192 valence electrons. The predicted molar refractivity (Wildman–Crippen MR) is 107 cm³/mol. The van der Waals surface area contributed by atoms with Crippen LogP contribution in [0.25, 0.3) is 0 Å². The molecule has 2 aromatic carbocycles. The third-order valence-electron chi connectivity index (χ3n) is 4.07. The molecule has 5 nitrogen and oxygen atoms in total. The van der Waals surface area contributed by atoms with Gasteiger partial charge in [-0.25, -0.2) is 18.5 Å². The second kappa shape index (κ2) is 10.5. The first-order chi connectivity index (χ1) is 16.0. The number of carbonyl (C=O) groups excluding carboxylic acids is 2.